The lowest BCUT2D eigenvalue weighted by Gasteiger charge is -2.35. The first-order valence-electron chi connectivity index (χ1n) is 7.44. The number of aryl methyl sites for hydroxylation is 1. The molecule has 5 heteroatoms. The van der Waals surface area contributed by atoms with Crippen LogP contribution in [0.3, 0.4) is 0 Å². The Labute approximate surface area is 137 Å². The van der Waals surface area contributed by atoms with E-state index in [1.165, 1.54) is 11.1 Å². The van der Waals surface area contributed by atoms with Gasteiger partial charge in [-0.3, -0.25) is 4.79 Å². The maximum atomic E-state index is 12.8. The van der Waals surface area contributed by atoms with Gasteiger partial charge in [0.2, 0.25) is 5.91 Å². The van der Waals surface area contributed by atoms with Gasteiger partial charge in [0.1, 0.15) is 5.25 Å². The van der Waals surface area contributed by atoms with E-state index in [1.807, 2.05) is 11.9 Å². The van der Waals surface area contributed by atoms with E-state index >= 15 is 0 Å². The fourth-order valence-corrected chi connectivity index (χ4v) is 4.45. The number of benzene rings is 1. The van der Waals surface area contributed by atoms with Crippen LogP contribution in [0.2, 0.25) is 0 Å². The Kier molecular flexibility index (Phi) is 5.97. The molecule has 1 amide bonds. The van der Waals surface area contributed by atoms with Crippen LogP contribution >= 0.6 is 24.2 Å². The molecule has 1 N–H and O–H groups in total. The number of rotatable bonds is 2. The molecule has 0 aliphatic carbocycles. The maximum absolute atomic E-state index is 12.8. The van der Waals surface area contributed by atoms with Crippen molar-refractivity contribution < 1.29 is 4.79 Å². The monoisotopic (exact) mass is 326 g/mol. The summed E-state index contributed by atoms with van der Waals surface area (Å²) in [4.78, 5) is 14.8. The summed E-state index contributed by atoms with van der Waals surface area (Å²) >= 11 is 1.80. The SMILES string of the molecule is CN(C(=O)C1SCCc2ccccc21)C1CCNCC1.Cl. The molecule has 1 aromatic rings. The third-order valence-electron chi connectivity index (χ3n) is 4.42. The Morgan fingerprint density at radius 1 is 1.29 bits per heavy atom. The summed E-state index contributed by atoms with van der Waals surface area (Å²) in [5.74, 6) is 1.34. The molecular formula is C16H23ClN2OS. The zero-order chi connectivity index (χ0) is 13.9. The van der Waals surface area contributed by atoms with Crippen molar-refractivity contribution in [3.05, 3.63) is 35.4 Å². The molecule has 1 fully saturated rings. The zero-order valence-electron chi connectivity index (χ0n) is 12.4. The summed E-state index contributed by atoms with van der Waals surface area (Å²) in [6.07, 6.45) is 3.23. The number of halogens is 1. The van der Waals surface area contributed by atoms with E-state index in [4.69, 9.17) is 0 Å². The van der Waals surface area contributed by atoms with Crippen molar-refractivity contribution in [3.8, 4) is 0 Å². The van der Waals surface area contributed by atoms with Gasteiger partial charge in [0, 0.05) is 13.1 Å². The first-order valence-corrected chi connectivity index (χ1v) is 8.49. The van der Waals surface area contributed by atoms with Gasteiger partial charge in [-0.15, -0.1) is 24.2 Å². The maximum Gasteiger partial charge on any atom is 0.240 e. The summed E-state index contributed by atoms with van der Waals surface area (Å²) in [5, 5.41) is 3.36. The molecule has 0 spiro atoms. The van der Waals surface area contributed by atoms with E-state index in [0.29, 0.717) is 6.04 Å². The molecule has 0 aromatic heterocycles. The first-order chi connectivity index (χ1) is 9.77. The smallest absolute Gasteiger partial charge is 0.240 e. The first kappa shape index (κ1) is 16.7. The quantitative estimate of drug-likeness (QED) is 0.907. The van der Waals surface area contributed by atoms with Gasteiger partial charge in [-0.2, -0.15) is 0 Å². The highest BCUT2D eigenvalue weighted by Gasteiger charge is 2.32. The van der Waals surface area contributed by atoms with Crippen LogP contribution in [-0.4, -0.2) is 42.7 Å². The van der Waals surface area contributed by atoms with Crippen LogP contribution in [0.15, 0.2) is 24.3 Å². The second kappa shape index (κ2) is 7.52. The molecule has 21 heavy (non-hydrogen) atoms. The number of piperidine rings is 1. The average Bonchev–Trinajstić information content (AvgIpc) is 2.54. The Morgan fingerprint density at radius 2 is 2.00 bits per heavy atom. The fraction of sp³-hybridized carbons (Fsp3) is 0.562. The third-order valence-corrected chi connectivity index (χ3v) is 5.65. The minimum Gasteiger partial charge on any atom is -0.341 e. The highest BCUT2D eigenvalue weighted by molar-refractivity contribution is 8.00. The van der Waals surface area contributed by atoms with E-state index in [9.17, 15) is 4.79 Å². The number of thioether (sulfide) groups is 1. The number of hydrogen-bond donors (Lipinski definition) is 1. The number of nitrogens with zero attached hydrogens (tertiary/aromatic N) is 1. The van der Waals surface area contributed by atoms with E-state index < -0.39 is 0 Å². The van der Waals surface area contributed by atoms with Crippen molar-refractivity contribution in [1.29, 1.82) is 0 Å². The van der Waals surface area contributed by atoms with Crippen molar-refractivity contribution >= 4 is 30.1 Å². The minimum absolute atomic E-state index is 0. The third kappa shape index (κ3) is 3.55. The van der Waals surface area contributed by atoms with E-state index in [0.717, 1.165) is 38.1 Å². The number of nitrogens with one attached hydrogen (secondary N) is 1. The van der Waals surface area contributed by atoms with Crippen LogP contribution in [0.4, 0.5) is 0 Å². The Hall–Kier alpha value is -0.710. The van der Waals surface area contributed by atoms with Crippen LogP contribution in [0.5, 0.6) is 0 Å². The molecular weight excluding hydrogens is 304 g/mol. The number of likely N-dealkylation sites (N-methyl/N-ethyl adjacent to an activating group) is 1. The van der Waals surface area contributed by atoms with E-state index in [1.54, 1.807) is 11.8 Å². The van der Waals surface area contributed by atoms with Gasteiger partial charge in [-0.1, -0.05) is 24.3 Å². The Bertz CT molecular complexity index is 491. The standard InChI is InChI=1S/C16H22N2OS.ClH/c1-18(13-6-9-17-10-7-13)16(19)15-14-5-3-2-4-12(14)8-11-20-15;/h2-5,13,15,17H,6-11H2,1H3;1H. The molecule has 3 nitrogen and oxygen atoms in total. The highest BCUT2D eigenvalue weighted by Crippen LogP contribution is 2.38. The fourth-order valence-electron chi connectivity index (χ4n) is 3.16. The number of amides is 1. The van der Waals surface area contributed by atoms with Crippen molar-refractivity contribution in [2.75, 3.05) is 25.9 Å². The minimum atomic E-state index is -0.000152. The lowest BCUT2D eigenvalue weighted by molar-refractivity contribution is -0.132. The van der Waals surface area contributed by atoms with Crippen molar-refractivity contribution in [2.45, 2.75) is 30.6 Å². The van der Waals surface area contributed by atoms with Gasteiger partial charge in [0.15, 0.2) is 0 Å². The van der Waals surface area contributed by atoms with Gasteiger partial charge >= 0.3 is 0 Å². The normalized spacial score (nSPS) is 22.0. The topological polar surface area (TPSA) is 32.3 Å². The number of carbonyl (C=O) groups is 1. The van der Waals surface area contributed by atoms with Crippen molar-refractivity contribution in [1.82, 2.24) is 10.2 Å². The number of fused-ring (bicyclic) bond motifs is 1. The summed E-state index contributed by atoms with van der Waals surface area (Å²) in [5.41, 5.74) is 2.58. The molecule has 1 saturated heterocycles. The van der Waals surface area contributed by atoms with Crippen LogP contribution < -0.4 is 5.32 Å². The van der Waals surface area contributed by atoms with Crippen molar-refractivity contribution in [2.24, 2.45) is 0 Å². The molecule has 116 valence electrons. The summed E-state index contributed by atoms with van der Waals surface area (Å²) in [7, 11) is 1.98. The molecule has 1 aromatic carbocycles. The van der Waals surface area contributed by atoms with Gasteiger partial charge in [0.25, 0.3) is 0 Å². The highest BCUT2D eigenvalue weighted by atomic mass is 35.5. The summed E-state index contributed by atoms with van der Waals surface area (Å²) in [6.45, 7) is 2.05. The number of carbonyl (C=O) groups excluding carboxylic acids is 1. The van der Waals surface area contributed by atoms with E-state index in [2.05, 4.69) is 29.6 Å². The van der Waals surface area contributed by atoms with Crippen LogP contribution in [-0.2, 0) is 11.2 Å². The molecule has 1 unspecified atom stereocenters. The van der Waals surface area contributed by atoms with Crippen LogP contribution in [0, 0.1) is 0 Å². The molecule has 2 heterocycles. The van der Waals surface area contributed by atoms with Gasteiger partial charge < -0.3 is 10.2 Å². The summed E-state index contributed by atoms with van der Waals surface area (Å²) < 4.78 is 0. The Balaban J connectivity index is 0.00000161. The molecule has 2 aliphatic rings. The zero-order valence-corrected chi connectivity index (χ0v) is 14.0. The number of hydrogen-bond acceptors (Lipinski definition) is 3. The molecule has 2 aliphatic heterocycles. The molecule has 1 atom stereocenters. The van der Waals surface area contributed by atoms with Gasteiger partial charge in [0.05, 0.1) is 0 Å². The predicted molar refractivity (Wildman–Crippen MR) is 91.3 cm³/mol. The van der Waals surface area contributed by atoms with Crippen LogP contribution in [0.25, 0.3) is 0 Å². The molecule has 3 rings (SSSR count). The van der Waals surface area contributed by atoms with Crippen molar-refractivity contribution in [3.63, 3.8) is 0 Å². The lowest BCUT2D eigenvalue weighted by Crippen LogP contribution is -2.45. The average molecular weight is 327 g/mol. The molecule has 0 radical (unpaired) electrons. The second-order valence-electron chi connectivity index (χ2n) is 5.63. The Morgan fingerprint density at radius 3 is 2.76 bits per heavy atom. The van der Waals surface area contributed by atoms with Gasteiger partial charge in [-0.05, 0) is 49.2 Å². The lowest BCUT2D eigenvalue weighted by atomic mass is 9.99. The second-order valence-corrected chi connectivity index (χ2v) is 6.84. The van der Waals surface area contributed by atoms with Crippen LogP contribution in [0.1, 0.15) is 29.2 Å². The van der Waals surface area contributed by atoms with Gasteiger partial charge in [-0.25, -0.2) is 0 Å². The van der Waals surface area contributed by atoms with E-state index in [-0.39, 0.29) is 23.6 Å². The molecule has 0 bridgehead atoms. The largest absolute Gasteiger partial charge is 0.341 e. The molecule has 0 saturated carbocycles. The summed E-state index contributed by atoms with van der Waals surface area (Å²) in [6, 6.07) is 8.82. The predicted octanol–water partition coefficient (Wildman–Crippen LogP) is 2.65.